The molecule has 0 amide bonds. The smallest absolute Gasteiger partial charge is 0.189 e. The van der Waals surface area contributed by atoms with Gasteiger partial charge in [0.25, 0.3) is 0 Å². The van der Waals surface area contributed by atoms with Crippen LogP contribution in [-0.2, 0) is 10.6 Å². The SMILES string of the molecule is CC(C)C1(c2ccccc2)NO1. The molecule has 0 bridgehead atoms. The maximum Gasteiger partial charge on any atom is 0.189 e. The average molecular weight is 163 g/mol. The van der Waals surface area contributed by atoms with Crippen LogP contribution in [-0.4, -0.2) is 0 Å². The minimum absolute atomic E-state index is 0.207. The molecule has 0 saturated carbocycles. The number of hydrogen-bond acceptors (Lipinski definition) is 2. The summed E-state index contributed by atoms with van der Waals surface area (Å²) in [6.45, 7) is 4.29. The average Bonchev–Trinajstić information content (AvgIpc) is 2.86. The summed E-state index contributed by atoms with van der Waals surface area (Å²) in [5, 5.41) is 0. The van der Waals surface area contributed by atoms with Gasteiger partial charge in [-0.3, -0.25) is 4.84 Å². The van der Waals surface area contributed by atoms with Crippen molar-refractivity contribution in [1.82, 2.24) is 5.48 Å². The Morgan fingerprint density at radius 1 is 1.25 bits per heavy atom. The number of hydroxylamine groups is 1. The molecule has 1 aromatic carbocycles. The molecule has 1 fully saturated rings. The van der Waals surface area contributed by atoms with Crippen molar-refractivity contribution in [3.8, 4) is 0 Å². The molecular formula is C10H13NO. The third kappa shape index (κ3) is 1.04. The third-order valence-corrected chi connectivity index (χ3v) is 2.34. The van der Waals surface area contributed by atoms with E-state index in [1.807, 2.05) is 18.2 Å². The number of benzene rings is 1. The molecule has 0 spiro atoms. The van der Waals surface area contributed by atoms with E-state index in [0.717, 1.165) is 0 Å². The fourth-order valence-corrected chi connectivity index (χ4v) is 1.43. The number of nitrogens with one attached hydrogen (secondary N) is 1. The predicted molar refractivity (Wildman–Crippen MR) is 47.2 cm³/mol. The van der Waals surface area contributed by atoms with Crippen molar-refractivity contribution in [2.75, 3.05) is 0 Å². The lowest BCUT2D eigenvalue weighted by Crippen LogP contribution is -2.19. The molecule has 2 nitrogen and oxygen atoms in total. The Kier molecular flexibility index (Phi) is 1.67. The summed E-state index contributed by atoms with van der Waals surface area (Å²) in [5.41, 5.74) is 3.96. The Bertz CT molecular complexity index is 264. The highest BCUT2D eigenvalue weighted by Crippen LogP contribution is 2.39. The zero-order valence-corrected chi connectivity index (χ0v) is 7.37. The maximum absolute atomic E-state index is 5.29. The van der Waals surface area contributed by atoms with Gasteiger partial charge in [0.05, 0.1) is 0 Å². The first kappa shape index (κ1) is 7.77. The van der Waals surface area contributed by atoms with Crippen molar-refractivity contribution in [2.24, 2.45) is 5.92 Å². The van der Waals surface area contributed by atoms with Crippen LogP contribution in [0.2, 0.25) is 0 Å². The highest BCUT2D eigenvalue weighted by atomic mass is 16.8. The summed E-state index contributed by atoms with van der Waals surface area (Å²) in [6.07, 6.45) is 0. The first-order valence-electron chi connectivity index (χ1n) is 4.26. The van der Waals surface area contributed by atoms with E-state index in [9.17, 15) is 0 Å². The highest BCUT2D eigenvalue weighted by Gasteiger charge is 2.49. The summed E-state index contributed by atoms with van der Waals surface area (Å²) >= 11 is 0. The van der Waals surface area contributed by atoms with E-state index in [1.165, 1.54) is 5.56 Å². The van der Waals surface area contributed by atoms with E-state index in [2.05, 4.69) is 31.5 Å². The molecule has 1 saturated heterocycles. The van der Waals surface area contributed by atoms with Gasteiger partial charge in [0.15, 0.2) is 5.72 Å². The van der Waals surface area contributed by atoms with Gasteiger partial charge < -0.3 is 0 Å². The summed E-state index contributed by atoms with van der Waals surface area (Å²) in [4.78, 5) is 5.29. The normalized spacial score (nSPS) is 27.6. The summed E-state index contributed by atoms with van der Waals surface area (Å²) in [6, 6.07) is 10.2. The molecule has 1 N–H and O–H groups in total. The predicted octanol–water partition coefficient (Wildman–Crippen LogP) is 2.03. The van der Waals surface area contributed by atoms with E-state index in [0.29, 0.717) is 5.92 Å². The highest BCUT2D eigenvalue weighted by molar-refractivity contribution is 5.24. The van der Waals surface area contributed by atoms with Gasteiger partial charge in [-0.15, -0.1) is 0 Å². The first-order valence-corrected chi connectivity index (χ1v) is 4.26. The lowest BCUT2D eigenvalue weighted by molar-refractivity contribution is 0.238. The van der Waals surface area contributed by atoms with E-state index in [4.69, 9.17) is 4.84 Å². The van der Waals surface area contributed by atoms with Crippen molar-refractivity contribution in [1.29, 1.82) is 0 Å². The second-order valence-electron chi connectivity index (χ2n) is 3.46. The zero-order valence-electron chi connectivity index (χ0n) is 7.37. The van der Waals surface area contributed by atoms with E-state index >= 15 is 0 Å². The van der Waals surface area contributed by atoms with Gasteiger partial charge >= 0.3 is 0 Å². The summed E-state index contributed by atoms with van der Waals surface area (Å²) < 4.78 is 0. The van der Waals surface area contributed by atoms with Crippen LogP contribution in [0.25, 0.3) is 0 Å². The van der Waals surface area contributed by atoms with Crippen molar-refractivity contribution in [2.45, 2.75) is 19.6 Å². The summed E-state index contributed by atoms with van der Waals surface area (Å²) in [5.74, 6) is 0.458. The standard InChI is InChI=1S/C10H13NO/c1-8(2)10(11-12-10)9-6-4-3-5-7-9/h3-8,11H,1-2H3. The first-order chi connectivity index (χ1) is 5.76. The van der Waals surface area contributed by atoms with Crippen LogP contribution in [0.4, 0.5) is 0 Å². The topological polar surface area (TPSA) is 34.5 Å². The van der Waals surface area contributed by atoms with Gasteiger partial charge in [-0.1, -0.05) is 44.2 Å². The van der Waals surface area contributed by atoms with Crippen LogP contribution in [0.1, 0.15) is 19.4 Å². The van der Waals surface area contributed by atoms with Crippen molar-refractivity contribution < 1.29 is 4.84 Å². The molecule has 0 aromatic heterocycles. The van der Waals surface area contributed by atoms with Crippen LogP contribution in [0.15, 0.2) is 30.3 Å². The van der Waals surface area contributed by atoms with Gasteiger partial charge in [0.1, 0.15) is 0 Å². The molecule has 1 aliphatic rings. The van der Waals surface area contributed by atoms with Crippen LogP contribution in [0, 0.1) is 5.92 Å². The molecule has 1 heterocycles. The van der Waals surface area contributed by atoms with E-state index in [1.54, 1.807) is 0 Å². The van der Waals surface area contributed by atoms with Gasteiger partial charge in [-0.25, -0.2) is 0 Å². The van der Waals surface area contributed by atoms with Crippen LogP contribution in [0.5, 0.6) is 0 Å². The Hall–Kier alpha value is -0.860. The molecule has 2 rings (SSSR count). The quantitative estimate of drug-likeness (QED) is 0.677. The van der Waals surface area contributed by atoms with Gasteiger partial charge in [-0.05, 0) is 0 Å². The fourth-order valence-electron chi connectivity index (χ4n) is 1.43. The Balaban J connectivity index is 2.31. The monoisotopic (exact) mass is 163 g/mol. The zero-order chi connectivity index (χ0) is 8.60. The van der Waals surface area contributed by atoms with Crippen molar-refractivity contribution in [3.63, 3.8) is 0 Å². The van der Waals surface area contributed by atoms with Crippen LogP contribution in [0.3, 0.4) is 0 Å². The maximum atomic E-state index is 5.29. The molecule has 2 heteroatoms. The molecule has 1 aromatic rings. The number of rotatable bonds is 2. The van der Waals surface area contributed by atoms with Gasteiger partial charge in [0, 0.05) is 11.5 Å². The Morgan fingerprint density at radius 2 is 1.83 bits per heavy atom. The minimum atomic E-state index is -0.207. The van der Waals surface area contributed by atoms with E-state index < -0.39 is 0 Å². The third-order valence-electron chi connectivity index (χ3n) is 2.34. The lowest BCUT2D eigenvalue weighted by Gasteiger charge is -2.13. The fraction of sp³-hybridized carbons (Fsp3) is 0.400. The molecular weight excluding hydrogens is 150 g/mol. The van der Waals surface area contributed by atoms with Crippen molar-refractivity contribution >= 4 is 0 Å². The minimum Gasteiger partial charge on any atom is -0.269 e. The molecule has 0 aliphatic carbocycles. The Labute approximate surface area is 72.5 Å². The molecule has 64 valence electrons. The Morgan fingerprint density at radius 3 is 2.25 bits per heavy atom. The van der Waals surface area contributed by atoms with Crippen LogP contribution >= 0.6 is 0 Å². The molecule has 1 unspecified atom stereocenters. The largest absolute Gasteiger partial charge is 0.269 e. The molecule has 1 atom stereocenters. The molecule has 12 heavy (non-hydrogen) atoms. The lowest BCUT2D eigenvalue weighted by atomic mass is 9.95. The van der Waals surface area contributed by atoms with E-state index in [-0.39, 0.29) is 5.72 Å². The van der Waals surface area contributed by atoms with Crippen LogP contribution < -0.4 is 5.48 Å². The van der Waals surface area contributed by atoms with Gasteiger partial charge in [-0.2, -0.15) is 5.48 Å². The second-order valence-corrected chi connectivity index (χ2v) is 3.46. The molecule has 1 aliphatic heterocycles. The van der Waals surface area contributed by atoms with Gasteiger partial charge in [0.2, 0.25) is 0 Å². The van der Waals surface area contributed by atoms with Crippen molar-refractivity contribution in [3.05, 3.63) is 35.9 Å². The molecule has 0 radical (unpaired) electrons. The summed E-state index contributed by atoms with van der Waals surface area (Å²) in [7, 11) is 0. The second kappa shape index (κ2) is 2.57. The number of hydrogen-bond donors (Lipinski definition) is 1.